The molecule has 2 aliphatic heterocycles. The summed E-state index contributed by atoms with van der Waals surface area (Å²) in [5, 5.41) is 1.45. The highest BCUT2D eigenvalue weighted by molar-refractivity contribution is 6.03. The van der Waals surface area contributed by atoms with Crippen LogP contribution in [0.4, 0.5) is 0 Å². The van der Waals surface area contributed by atoms with Gasteiger partial charge < -0.3 is 4.98 Å². The third-order valence-corrected chi connectivity index (χ3v) is 4.85. The summed E-state index contributed by atoms with van der Waals surface area (Å²) in [6.07, 6.45) is 5.18. The van der Waals surface area contributed by atoms with Gasteiger partial charge in [0.1, 0.15) is 18.8 Å². The van der Waals surface area contributed by atoms with Crippen molar-refractivity contribution < 1.29 is 4.58 Å². The standard InChI is InChI=1S/C17H20N2/c1-2-12-11-19-10-6-5-9-15(19)17-16(12)13-7-3-4-8-14(13)18-17/h3-4,7-8,12H,2,5-6,9-11H2,1H3/p+1. The summed E-state index contributed by atoms with van der Waals surface area (Å²) in [5.41, 5.74) is 5.92. The Balaban J connectivity index is 2.00. The zero-order valence-electron chi connectivity index (χ0n) is 11.6. The van der Waals surface area contributed by atoms with Crippen molar-refractivity contribution in [3.8, 4) is 0 Å². The minimum Gasteiger partial charge on any atom is -0.350 e. The maximum Gasteiger partial charge on any atom is 0.200 e. The molecule has 19 heavy (non-hydrogen) atoms. The molecule has 98 valence electrons. The van der Waals surface area contributed by atoms with Crippen molar-refractivity contribution in [2.45, 2.75) is 38.5 Å². The van der Waals surface area contributed by atoms with Crippen molar-refractivity contribution in [1.82, 2.24) is 4.98 Å². The Morgan fingerprint density at radius 1 is 1.26 bits per heavy atom. The fourth-order valence-electron chi connectivity index (χ4n) is 3.88. The molecule has 0 amide bonds. The lowest BCUT2D eigenvalue weighted by atomic mass is 9.86. The number of fused-ring (bicyclic) bond motifs is 4. The van der Waals surface area contributed by atoms with Gasteiger partial charge in [0.05, 0.1) is 0 Å². The number of nitrogens with one attached hydrogen (secondary N) is 1. The summed E-state index contributed by atoms with van der Waals surface area (Å²) in [6.45, 7) is 4.80. The molecule has 0 bridgehead atoms. The molecular weight excluding hydrogens is 232 g/mol. The fraction of sp³-hybridized carbons (Fsp3) is 0.471. The summed E-state index contributed by atoms with van der Waals surface area (Å²) in [5.74, 6) is 0.688. The maximum absolute atomic E-state index is 3.70. The van der Waals surface area contributed by atoms with Gasteiger partial charge in [-0.1, -0.05) is 25.1 Å². The average molecular weight is 253 g/mol. The first-order chi connectivity index (χ1) is 9.38. The van der Waals surface area contributed by atoms with E-state index in [-0.39, 0.29) is 0 Å². The van der Waals surface area contributed by atoms with E-state index >= 15 is 0 Å². The predicted molar refractivity (Wildman–Crippen MR) is 79.3 cm³/mol. The van der Waals surface area contributed by atoms with E-state index in [0.29, 0.717) is 5.92 Å². The molecular formula is C17H21N2+. The SMILES string of the molecule is CCC1C[N+]2=C(CCCC2)c2[nH]c3ccccc3c21. The van der Waals surface area contributed by atoms with Crippen molar-refractivity contribution >= 4 is 16.6 Å². The van der Waals surface area contributed by atoms with Gasteiger partial charge in [0.15, 0.2) is 5.71 Å². The molecule has 1 aromatic carbocycles. The summed E-state index contributed by atoms with van der Waals surface area (Å²) < 4.78 is 2.63. The topological polar surface area (TPSA) is 18.8 Å². The Labute approximate surface area is 114 Å². The molecule has 4 rings (SSSR count). The Bertz CT molecular complexity index is 663. The van der Waals surface area contributed by atoms with Crippen LogP contribution in [0.2, 0.25) is 0 Å². The van der Waals surface area contributed by atoms with E-state index in [9.17, 15) is 0 Å². The second kappa shape index (κ2) is 4.22. The molecule has 0 spiro atoms. The zero-order chi connectivity index (χ0) is 12.8. The van der Waals surface area contributed by atoms with Gasteiger partial charge in [0.25, 0.3) is 0 Å². The Morgan fingerprint density at radius 3 is 3.05 bits per heavy atom. The predicted octanol–water partition coefficient (Wildman–Crippen LogP) is 3.66. The van der Waals surface area contributed by atoms with Crippen LogP contribution in [0, 0.1) is 0 Å². The van der Waals surface area contributed by atoms with Gasteiger partial charge in [-0.2, -0.15) is 0 Å². The largest absolute Gasteiger partial charge is 0.350 e. The highest BCUT2D eigenvalue weighted by Gasteiger charge is 2.35. The number of H-pyrrole nitrogens is 1. The zero-order valence-corrected chi connectivity index (χ0v) is 11.6. The lowest BCUT2D eigenvalue weighted by Gasteiger charge is -2.25. The first-order valence-electron chi connectivity index (χ1n) is 7.60. The second-order valence-corrected chi connectivity index (χ2v) is 5.91. The van der Waals surface area contributed by atoms with Crippen LogP contribution in [0.15, 0.2) is 24.3 Å². The summed E-state index contributed by atoms with van der Waals surface area (Å²) in [6, 6.07) is 8.80. The number of hydrogen-bond donors (Lipinski definition) is 1. The van der Waals surface area contributed by atoms with Crippen LogP contribution in [-0.4, -0.2) is 28.4 Å². The monoisotopic (exact) mass is 253 g/mol. The van der Waals surface area contributed by atoms with Gasteiger partial charge >= 0.3 is 0 Å². The molecule has 1 N–H and O–H groups in total. The quantitative estimate of drug-likeness (QED) is 0.748. The minimum absolute atomic E-state index is 0.688. The van der Waals surface area contributed by atoms with Gasteiger partial charge in [-0.3, -0.25) is 0 Å². The summed E-state index contributed by atoms with van der Waals surface area (Å²) >= 11 is 0. The molecule has 0 saturated heterocycles. The molecule has 2 heteroatoms. The number of nitrogens with zero attached hydrogens (tertiary/aromatic N) is 1. The second-order valence-electron chi connectivity index (χ2n) is 5.91. The molecule has 3 heterocycles. The van der Waals surface area contributed by atoms with Gasteiger partial charge in [-0.15, -0.1) is 0 Å². The molecule has 1 unspecified atom stereocenters. The van der Waals surface area contributed by atoms with Gasteiger partial charge in [0, 0.05) is 35.2 Å². The van der Waals surface area contributed by atoms with E-state index in [1.807, 2.05) is 0 Å². The number of rotatable bonds is 1. The van der Waals surface area contributed by atoms with E-state index in [4.69, 9.17) is 0 Å². The third-order valence-electron chi connectivity index (χ3n) is 4.85. The van der Waals surface area contributed by atoms with Crippen LogP contribution in [0.1, 0.15) is 49.8 Å². The first kappa shape index (κ1) is 11.3. The smallest absolute Gasteiger partial charge is 0.200 e. The van der Waals surface area contributed by atoms with Gasteiger partial charge in [-0.25, -0.2) is 4.58 Å². The summed E-state index contributed by atoms with van der Waals surface area (Å²) in [4.78, 5) is 3.70. The van der Waals surface area contributed by atoms with Crippen molar-refractivity contribution in [3.05, 3.63) is 35.5 Å². The van der Waals surface area contributed by atoms with Crippen LogP contribution in [0.25, 0.3) is 10.9 Å². The molecule has 2 aliphatic rings. The lowest BCUT2D eigenvalue weighted by Crippen LogP contribution is -2.35. The molecule has 2 nitrogen and oxygen atoms in total. The van der Waals surface area contributed by atoms with E-state index in [2.05, 4.69) is 40.7 Å². The van der Waals surface area contributed by atoms with E-state index < -0.39 is 0 Å². The minimum atomic E-state index is 0.688. The number of hydrogen-bond acceptors (Lipinski definition) is 0. The molecule has 0 fully saturated rings. The van der Waals surface area contributed by atoms with Crippen LogP contribution >= 0.6 is 0 Å². The highest BCUT2D eigenvalue weighted by atomic mass is 15.0. The molecule has 0 saturated carbocycles. The van der Waals surface area contributed by atoms with Crippen LogP contribution < -0.4 is 0 Å². The Morgan fingerprint density at radius 2 is 2.16 bits per heavy atom. The number of benzene rings is 1. The highest BCUT2D eigenvalue weighted by Crippen LogP contribution is 2.36. The molecule has 0 aliphatic carbocycles. The van der Waals surface area contributed by atoms with E-state index in [0.717, 1.165) is 0 Å². The molecule has 0 radical (unpaired) electrons. The normalized spacial score (nSPS) is 22.5. The fourth-order valence-corrected chi connectivity index (χ4v) is 3.88. The lowest BCUT2D eigenvalue weighted by molar-refractivity contribution is -0.537. The third kappa shape index (κ3) is 1.59. The molecule has 1 aromatic heterocycles. The van der Waals surface area contributed by atoms with Crippen LogP contribution in [-0.2, 0) is 0 Å². The average Bonchev–Trinajstić information content (AvgIpc) is 2.86. The van der Waals surface area contributed by atoms with Crippen LogP contribution in [0.5, 0.6) is 0 Å². The Hall–Kier alpha value is -1.57. The first-order valence-corrected chi connectivity index (χ1v) is 7.60. The van der Waals surface area contributed by atoms with Crippen LogP contribution in [0.3, 0.4) is 0 Å². The number of para-hydroxylation sites is 1. The van der Waals surface area contributed by atoms with Crippen molar-refractivity contribution in [2.24, 2.45) is 0 Å². The number of aromatic nitrogens is 1. The Kier molecular flexibility index (Phi) is 2.51. The number of aromatic amines is 1. The molecule has 2 aromatic rings. The van der Waals surface area contributed by atoms with E-state index in [1.165, 1.54) is 55.4 Å². The van der Waals surface area contributed by atoms with Gasteiger partial charge in [-0.05, 0) is 18.9 Å². The van der Waals surface area contributed by atoms with Crippen molar-refractivity contribution in [2.75, 3.05) is 13.1 Å². The van der Waals surface area contributed by atoms with E-state index in [1.54, 1.807) is 11.3 Å². The van der Waals surface area contributed by atoms with Crippen molar-refractivity contribution in [3.63, 3.8) is 0 Å². The van der Waals surface area contributed by atoms with Crippen molar-refractivity contribution in [1.29, 1.82) is 0 Å². The van der Waals surface area contributed by atoms with Gasteiger partial charge in [0.2, 0.25) is 0 Å². The molecule has 1 atom stereocenters. The summed E-state index contributed by atoms with van der Waals surface area (Å²) in [7, 11) is 0. The maximum atomic E-state index is 3.70.